The molecule has 1 aromatic carbocycles. The van der Waals surface area contributed by atoms with Crippen molar-refractivity contribution < 1.29 is 19.5 Å². The Labute approximate surface area is 110 Å². The van der Waals surface area contributed by atoms with Crippen LogP contribution in [0.2, 0.25) is 0 Å². The van der Waals surface area contributed by atoms with E-state index in [-0.39, 0.29) is 22.7 Å². The van der Waals surface area contributed by atoms with Crippen LogP contribution in [-0.4, -0.2) is 34.6 Å². The Bertz CT molecular complexity index is 487. The number of benzene rings is 1. The first kappa shape index (κ1) is 14.2. The fourth-order valence-electron chi connectivity index (χ4n) is 1.41. The summed E-state index contributed by atoms with van der Waals surface area (Å²) in [7, 11) is 0. The Morgan fingerprint density at radius 2 is 1.83 bits per heavy atom. The van der Waals surface area contributed by atoms with Crippen molar-refractivity contribution in [1.82, 2.24) is 5.32 Å². The molecule has 1 amide bonds. The molecule has 2 N–H and O–H groups in total. The summed E-state index contributed by atoms with van der Waals surface area (Å²) in [6.45, 7) is 1.35. The molecule has 0 heterocycles. The molecule has 1 atom stereocenters. The maximum Gasteiger partial charge on any atom is 0.327 e. The zero-order chi connectivity index (χ0) is 13.7. The predicted molar refractivity (Wildman–Crippen MR) is 69.2 cm³/mol. The Kier molecular flexibility index (Phi) is 4.91. The minimum atomic E-state index is -1.17. The molecule has 96 valence electrons. The first-order valence-corrected chi connectivity index (χ1v) is 5.85. The number of carbonyl (C=O) groups excluding carboxylic acids is 2. The first-order valence-electron chi connectivity index (χ1n) is 5.22. The van der Waals surface area contributed by atoms with Gasteiger partial charge in [0.2, 0.25) is 0 Å². The Balaban J connectivity index is 2.97. The molecule has 0 aliphatic rings. The smallest absolute Gasteiger partial charge is 0.327 e. The van der Waals surface area contributed by atoms with Crippen molar-refractivity contribution in [2.45, 2.75) is 13.0 Å². The molecule has 18 heavy (non-hydrogen) atoms. The van der Waals surface area contributed by atoms with Crippen LogP contribution in [-0.2, 0) is 4.79 Å². The molecule has 0 saturated heterocycles. The van der Waals surface area contributed by atoms with Gasteiger partial charge in [-0.1, -0.05) is 18.2 Å². The standard InChI is InChI=1S/C12H13NO4S/c1-7(14)8-4-2-3-5-9(8)11(15)13-10(6-18)12(16)17/h2-5,10,18H,6H2,1H3,(H,13,15)(H,16,17)/t10-/m0/s1. The minimum absolute atomic E-state index is 0.0245. The molecule has 0 saturated carbocycles. The third kappa shape index (κ3) is 3.33. The highest BCUT2D eigenvalue weighted by Gasteiger charge is 2.21. The number of carboxylic acids is 1. The van der Waals surface area contributed by atoms with Gasteiger partial charge in [0, 0.05) is 11.3 Å². The summed E-state index contributed by atoms with van der Waals surface area (Å²) in [5.74, 6) is -2.04. The lowest BCUT2D eigenvalue weighted by Crippen LogP contribution is -2.42. The maximum atomic E-state index is 11.9. The number of thiol groups is 1. The van der Waals surface area contributed by atoms with E-state index in [1.165, 1.54) is 19.1 Å². The van der Waals surface area contributed by atoms with Gasteiger partial charge in [-0.15, -0.1) is 0 Å². The quantitative estimate of drug-likeness (QED) is 0.549. The average molecular weight is 267 g/mol. The Morgan fingerprint density at radius 1 is 1.28 bits per heavy atom. The molecule has 6 heteroatoms. The van der Waals surface area contributed by atoms with Gasteiger partial charge in [-0.3, -0.25) is 9.59 Å². The van der Waals surface area contributed by atoms with E-state index in [1.54, 1.807) is 12.1 Å². The zero-order valence-corrected chi connectivity index (χ0v) is 10.6. The van der Waals surface area contributed by atoms with Crippen molar-refractivity contribution in [3.8, 4) is 0 Å². The van der Waals surface area contributed by atoms with Crippen LogP contribution < -0.4 is 5.32 Å². The van der Waals surface area contributed by atoms with Crippen LogP contribution >= 0.6 is 12.6 Å². The fraction of sp³-hybridized carbons (Fsp3) is 0.250. The van der Waals surface area contributed by atoms with E-state index < -0.39 is 17.9 Å². The molecule has 1 aromatic rings. The summed E-state index contributed by atoms with van der Waals surface area (Å²) in [6, 6.07) is 5.16. The predicted octanol–water partition coefficient (Wildman–Crippen LogP) is 1.00. The molecule has 0 bridgehead atoms. The van der Waals surface area contributed by atoms with E-state index in [9.17, 15) is 14.4 Å². The molecule has 0 fully saturated rings. The molecule has 0 spiro atoms. The average Bonchev–Trinajstić information content (AvgIpc) is 2.35. The van der Waals surface area contributed by atoms with Gasteiger partial charge < -0.3 is 10.4 Å². The van der Waals surface area contributed by atoms with E-state index in [4.69, 9.17) is 5.11 Å². The highest BCUT2D eigenvalue weighted by atomic mass is 32.1. The molecule has 0 aromatic heterocycles. The van der Waals surface area contributed by atoms with Gasteiger partial charge in [0.15, 0.2) is 5.78 Å². The summed E-state index contributed by atoms with van der Waals surface area (Å²) < 4.78 is 0. The molecule has 0 radical (unpaired) electrons. The molecule has 0 unspecified atom stereocenters. The highest BCUT2D eigenvalue weighted by molar-refractivity contribution is 7.80. The number of hydrogen-bond donors (Lipinski definition) is 3. The van der Waals surface area contributed by atoms with Crippen LogP contribution in [0.3, 0.4) is 0 Å². The number of Topliss-reactive ketones (excluding diaryl/α,β-unsaturated/α-hetero) is 1. The fourth-order valence-corrected chi connectivity index (χ4v) is 1.66. The number of carbonyl (C=O) groups is 3. The largest absolute Gasteiger partial charge is 0.480 e. The second kappa shape index (κ2) is 6.20. The lowest BCUT2D eigenvalue weighted by molar-refractivity contribution is -0.138. The van der Waals surface area contributed by atoms with Crippen LogP contribution in [0, 0.1) is 0 Å². The normalized spacial score (nSPS) is 11.7. The second-order valence-electron chi connectivity index (χ2n) is 3.65. The number of rotatable bonds is 5. The number of aliphatic carboxylic acids is 1. The number of carboxylic acid groups (broad SMARTS) is 1. The monoisotopic (exact) mass is 267 g/mol. The second-order valence-corrected chi connectivity index (χ2v) is 4.01. The van der Waals surface area contributed by atoms with E-state index in [1.807, 2.05) is 0 Å². The lowest BCUT2D eigenvalue weighted by Gasteiger charge is -2.13. The van der Waals surface area contributed by atoms with Gasteiger partial charge in [-0.05, 0) is 13.0 Å². The molecular weight excluding hydrogens is 254 g/mol. The van der Waals surface area contributed by atoms with Gasteiger partial charge in [-0.2, -0.15) is 12.6 Å². The number of ketones is 1. The highest BCUT2D eigenvalue weighted by Crippen LogP contribution is 2.09. The SMILES string of the molecule is CC(=O)c1ccccc1C(=O)N[C@@H](CS)C(=O)O. The molecule has 5 nitrogen and oxygen atoms in total. The summed E-state index contributed by atoms with van der Waals surface area (Å²) in [6.07, 6.45) is 0. The van der Waals surface area contributed by atoms with Gasteiger partial charge in [-0.25, -0.2) is 4.79 Å². The van der Waals surface area contributed by atoms with Crippen molar-refractivity contribution in [3.63, 3.8) is 0 Å². The molecule has 1 rings (SSSR count). The van der Waals surface area contributed by atoms with E-state index in [0.717, 1.165) is 0 Å². The van der Waals surface area contributed by atoms with Crippen LogP contribution in [0.1, 0.15) is 27.6 Å². The van der Waals surface area contributed by atoms with Gasteiger partial charge in [0.1, 0.15) is 6.04 Å². The van der Waals surface area contributed by atoms with Crippen LogP contribution in [0.15, 0.2) is 24.3 Å². The summed E-state index contributed by atoms with van der Waals surface area (Å²) in [4.78, 5) is 34.0. The first-order chi connectivity index (χ1) is 8.47. The third-order valence-electron chi connectivity index (χ3n) is 2.34. The minimum Gasteiger partial charge on any atom is -0.480 e. The maximum absolute atomic E-state index is 11.9. The number of nitrogens with one attached hydrogen (secondary N) is 1. The van der Waals surface area contributed by atoms with Crippen molar-refractivity contribution in [3.05, 3.63) is 35.4 Å². The lowest BCUT2D eigenvalue weighted by atomic mass is 10.0. The van der Waals surface area contributed by atoms with E-state index >= 15 is 0 Å². The van der Waals surface area contributed by atoms with Crippen molar-refractivity contribution >= 4 is 30.3 Å². The third-order valence-corrected chi connectivity index (χ3v) is 2.70. The van der Waals surface area contributed by atoms with Crippen LogP contribution in [0.25, 0.3) is 0 Å². The zero-order valence-electron chi connectivity index (χ0n) is 9.71. The van der Waals surface area contributed by atoms with Crippen molar-refractivity contribution in [2.24, 2.45) is 0 Å². The summed E-state index contributed by atoms with van der Waals surface area (Å²) >= 11 is 3.85. The Morgan fingerprint density at radius 3 is 2.28 bits per heavy atom. The van der Waals surface area contributed by atoms with Crippen molar-refractivity contribution in [2.75, 3.05) is 5.75 Å². The molecular formula is C12H13NO4S. The summed E-state index contributed by atoms with van der Waals surface area (Å²) in [5, 5.41) is 11.1. The number of hydrogen-bond acceptors (Lipinski definition) is 4. The van der Waals surface area contributed by atoms with Gasteiger partial charge in [0.05, 0.1) is 5.56 Å². The number of amides is 1. The van der Waals surface area contributed by atoms with Gasteiger partial charge >= 0.3 is 5.97 Å². The van der Waals surface area contributed by atoms with Crippen LogP contribution in [0.5, 0.6) is 0 Å². The molecule has 0 aliphatic heterocycles. The topological polar surface area (TPSA) is 83.5 Å². The van der Waals surface area contributed by atoms with E-state index in [2.05, 4.69) is 17.9 Å². The van der Waals surface area contributed by atoms with Crippen molar-refractivity contribution in [1.29, 1.82) is 0 Å². The van der Waals surface area contributed by atoms with E-state index in [0.29, 0.717) is 0 Å². The van der Waals surface area contributed by atoms with Crippen LogP contribution in [0.4, 0.5) is 0 Å². The summed E-state index contributed by atoms with van der Waals surface area (Å²) in [5.41, 5.74) is 0.427. The Hall–Kier alpha value is -1.82. The van der Waals surface area contributed by atoms with Gasteiger partial charge in [0.25, 0.3) is 5.91 Å². The molecule has 0 aliphatic carbocycles.